The number of rotatable bonds is 3. The summed E-state index contributed by atoms with van der Waals surface area (Å²) in [4.78, 5) is 23.1. The number of halogens is 1. The van der Waals surface area contributed by atoms with Gasteiger partial charge in [0.2, 0.25) is 0 Å². The Bertz CT molecular complexity index is 603. The highest BCUT2D eigenvalue weighted by Gasteiger charge is 2.06. The number of carbonyl (C=O) groups excluding carboxylic acids is 2. The molecule has 96 valence electrons. The van der Waals surface area contributed by atoms with E-state index in [4.69, 9.17) is 0 Å². The first-order chi connectivity index (χ1) is 9.06. The van der Waals surface area contributed by atoms with Gasteiger partial charge in [0, 0.05) is 21.3 Å². The molecule has 2 aromatic carbocycles. The summed E-state index contributed by atoms with van der Waals surface area (Å²) in [6, 6.07) is 13.9. The van der Waals surface area contributed by atoms with E-state index in [2.05, 4.69) is 21.2 Å². The highest BCUT2D eigenvalue weighted by atomic mass is 79.9. The molecular formula is C15H12BrNO2. The molecule has 2 aromatic rings. The lowest BCUT2D eigenvalue weighted by Crippen LogP contribution is -2.11. The van der Waals surface area contributed by atoms with Gasteiger partial charge in [-0.25, -0.2) is 0 Å². The predicted molar refractivity (Wildman–Crippen MR) is 78.5 cm³/mol. The van der Waals surface area contributed by atoms with Crippen molar-refractivity contribution in [2.75, 3.05) is 5.32 Å². The Morgan fingerprint density at radius 1 is 0.895 bits per heavy atom. The summed E-state index contributed by atoms with van der Waals surface area (Å²) in [5, 5.41) is 2.78. The van der Waals surface area contributed by atoms with Crippen LogP contribution in [0.15, 0.2) is 53.0 Å². The zero-order valence-corrected chi connectivity index (χ0v) is 11.9. The molecule has 0 atom stereocenters. The van der Waals surface area contributed by atoms with Crippen LogP contribution in [-0.4, -0.2) is 11.7 Å². The summed E-state index contributed by atoms with van der Waals surface area (Å²) >= 11 is 3.32. The molecule has 0 bridgehead atoms. The first-order valence-electron chi connectivity index (χ1n) is 5.74. The summed E-state index contributed by atoms with van der Waals surface area (Å²) in [5.74, 6) is -0.172. The third kappa shape index (κ3) is 3.51. The van der Waals surface area contributed by atoms with Gasteiger partial charge in [-0.2, -0.15) is 0 Å². The van der Waals surface area contributed by atoms with E-state index in [0.29, 0.717) is 16.8 Å². The van der Waals surface area contributed by atoms with Gasteiger partial charge in [0.05, 0.1) is 0 Å². The van der Waals surface area contributed by atoms with E-state index in [1.807, 2.05) is 12.1 Å². The van der Waals surface area contributed by atoms with Crippen LogP contribution in [0.25, 0.3) is 0 Å². The number of hydrogen-bond acceptors (Lipinski definition) is 2. The van der Waals surface area contributed by atoms with Gasteiger partial charge in [-0.3, -0.25) is 9.59 Å². The number of carbonyl (C=O) groups is 2. The third-order valence-corrected chi connectivity index (χ3v) is 3.18. The minimum atomic E-state index is -0.178. The molecule has 0 aromatic heterocycles. The van der Waals surface area contributed by atoms with Gasteiger partial charge in [0.1, 0.15) is 0 Å². The number of Topliss-reactive ketones (excluding diaryl/α,β-unsaturated/α-hetero) is 1. The molecule has 0 heterocycles. The Morgan fingerprint density at radius 3 is 1.95 bits per heavy atom. The lowest BCUT2D eigenvalue weighted by Gasteiger charge is -2.06. The molecule has 0 fully saturated rings. The SMILES string of the molecule is CC(=O)c1ccc(NC(=O)c2ccc(Br)cc2)cc1. The zero-order chi connectivity index (χ0) is 13.8. The topological polar surface area (TPSA) is 46.2 Å². The number of anilines is 1. The number of ketones is 1. The van der Waals surface area contributed by atoms with Crippen molar-refractivity contribution in [3.8, 4) is 0 Å². The molecule has 0 saturated carbocycles. The fourth-order valence-electron chi connectivity index (χ4n) is 1.59. The second kappa shape index (κ2) is 5.80. The predicted octanol–water partition coefficient (Wildman–Crippen LogP) is 3.90. The fourth-order valence-corrected chi connectivity index (χ4v) is 1.86. The van der Waals surface area contributed by atoms with Gasteiger partial charge >= 0.3 is 0 Å². The summed E-state index contributed by atoms with van der Waals surface area (Å²) in [6.07, 6.45) is 0. The van der Waals surface area contributed by atoms with Crippen LogP contribution in [0, 0.1) is 0 Å². The van der Waals surface area contributed by atoms with Crippen LogP contribution in [0.3, 0.4) is 0 Å². The smallest absolute Gasteiger partial charge is 0.255 e. The molecule has 0 aliphatic rings. The minimum absolute atomic E-state index is 0.00536. The van der Waals surface area contributed by atoms with E-state index in [0.717, 1.165) is 4.47 Å². The molecular weight excluding hydrogens is 306 g/mol. The molecule has 3 nitrogen and oxygen atoms in total. The van der Waals surface area contributed by atoms with Crippen LogP contribution in [0.2, 0.25) is 0 Å². The van der Waals surface area contributed by atoms with Crippen LogP contribution in [0.1, 0.15) is 27.6 Å². The van der Waals surface area contributed by atoms with Crippen molar-refractivity contribution in [1.29, 1.82) is 0 Å². The van der Waals surface area contributed by atoms with Gasteiger partial charge < -0.3 is 5.32 Å². The van der Waals surface area contributed by atoms with Crippen molar-refractivity contribution < 1.29 is 9.59 Å². The van der Waals surface area contributed by atoms with Crippen LogP contribution in [-0.2, 0) is 0 Å². The fraction of sp³-hybridized carbons (Fsp3) is 0.0667. The molecule has 0 aliphatic carbocycles. The molecule has 1 N–H and O–H groups in total. The monoisotopic (exact) mass is 317 g/mol. The lowest BCUT2D eigenvalue weighted by atomic mass is 10.1. The molecule has 0 saturated heterocycles. The van der Waals surface area contributed by atoms with Crippen molar-refractivity contribution in [3.05, 3.63) is 64.1 Å². The number of benzene rings is 2. The molecule has 0 radical (unpaired) electrons. The molecule has 4 heteroatoms. The minimum Gasteiger partial charge on any atom is -0.322 e. The van der Waals surface area contributed by atoms with Crippen LogP contribution >= 0.6 is 15.9 Å². The van der Waals surface area contributed by atoms with Gasteiger partial charge in [-0.15, -0.1) is 0 Å². The average molecular weight is 318 g/mol. The summed E-state index contributed by atoms with van der Waals surface area (Å²) in [5.41, 5.74) is 1.87. The normalized spacial score (nSPS) is 10.0. The van der Waals surface area contributed by atoms with Gasteiger partial charge in [0.25, 0.3) is 5.91 Å². The Hall–Kier alpha value is -1.94. The summed E-state index contributed by atoms with van der Waals surface area (Å²) < 4.78 is 0.926. The molecule has 0 aliphatic heterocycles. The number of nitrogens with one attached hydrogen (secondary N) is 1. The van der Waals surface area contributed by atoms with E-state index in [1.165, 1.54) is 6.92 Å². The van der Waals surface area contributed by atoms with Gasteiger partial charge in [-0.1, -0.05) is 15.9 Å². The van der Waals surface area contributed by atoms with Crippen molar-refractivity contribution in [1.82, 2.24) is 0 Å². The van der Waals surface area contributed by atoms with Crippen molar-refractivity contribution >= 4 is 33.3 Å². The second-order valence-electron chi connectivity index (χ2n) is 4.09. The largest absolute Gasteiger partial charge is 0.322 e. The van der Waals surface area contributed by atoms with E-state index in [1.54, 1.807) is 36.4 Å². The number of hydrogen-bond donors (Lipinski definition) is 1. The van der Waals surface area contributed by atoms with E-state index in [9.17, 15) is 9.59 Å². The van der Waals surface area contributed by atoms with Crippen molar-refractivity contribution in [2.45, 2.75) is 6.92 Å². The Balaban J connectivity index is 2.10. The van der Waals surface area contributed by atoms with E-state index >= 15 is 0 Å². The van der Waals surface area contributed by atoms with Crippen molar-refractivity contribution in [3.63, 3.8) is 0 Å². The standard InChI is InChI=1S/C15H12BrNO2/c1-10(18)11-4-8-14(9-5-11)17-15(19)12-2-6-13(16)7-3-12/h2-9H,1H3,(H,17,19). The first kappa shape index (κ1) is 13.5. The molecule has 2 rings (SSSR count). The molecule has 0 unspecified atom stereocenters. The highest BCUT2D eigenvalue weighted by molar-refractivity contribution is 9.10. The van der Waals surface area contributed by atoms with Crippen LogP contribution in [0.4, 0.5) is 5.69 Å². The maximum absolute atomic E-state index is 12.0. The van der Waals surface area contributed by atoms with E-state index < -0.39 is 0 Å². The Morgan fingerprint density at radius 2 is 1.42 bits per heavy atom. The number of amides is 1. The van der Waals surface area contributed by atoms with E-state index in [-0.39, 0.29) is 11.7 Å². The molecule has 0 spiro atoms. The van der Waals surface area contributed by atoms with Gasteiger partial charge in [0.15, 0.2) is 5.78 Å². The maximum Gasteiger partial charge on any atom is 0.255 e. The van der Waals surface area contributed by atoms with Crippen LogP contribution in [0.5, 0.6) is 0 Å². The summed E-state index contributed by atoms with van der Waals surface area (Å²) in [6.45, 7) is 1.51. The maximum atomic E-state index is 12.0. The third-order valence-electron chi connectivity index (χ3n) is 2.66. The average Bonchev–Trinajstić information content (AvgIpc) is 2.40. The highest BCUT2D eigenvalue weighted by Crippen LogP contribution is 2.14. The van der Waals surface area contributed by atoms with Crippen molar-refractivity contribution in [2.24, 2.45) is 0 Å². The van der Waals surface area contributed by atoms with Crippen LogP contribution < -0.4 is 5.32 Å². The zero-order valence-electron chi connectivity index (χ0n) is 10.3. The second-order valence-corrected chi connectivity index (χ2v) is 5.01. The molecule has 19 heavy (non-hydrogen) atoms. The Kier molecular flexibility index (Phi) is 4.12. The quantitative estimate of drug-likeness (QED) is 0.872. The van der Waals surface area contributed by atoms with Gasteiger partial charge in [-0.05, 0) is 55.5 Å². The lowest BCUT2D eigenvalue weighted by molar-refractivity contribution is 0.101. The first-order valence-corrected chi connectivity index (χ1v) is 6.53. The molecule has 1 amide bonds. The summed E-state index contributed by atoms with van der Waals surface area (Å²) in [7, 11) is 0. The Labute approximate surface area is 119 Å².